The zero-order chi connectivity index (χ0) is 26.1. The lowest BCUT2D eigenvalue weighted by atomic mass is 10.1. The Kier molecular flexibility index (Phi) is 4.73. The van der Waals surface area contributed by atoms with E-state index < -0.39 is 26.6 Å². The normalized spacial score (nSPS) is 16.1. The number of carbonyl (C=O) groups is 1. The first kappa shape index (κ1) is 23.9. The van der Waals surface area contributed by atoms with Crippen molar-refractivity contribution in [2.24, 2.45) is 0 Å². The fourth-order valence-corrected chi connectivity index (χ4v) is 4.99. The predicted octanol–water partition coefficient (Wildman–Crippen LogP) is 4.67. The summed E-state index contributed by atoms with van der Waals surface area (Å²) in [5, 5.41) is -0.121. The van der Waals surface area contributed by atoms with Crippen LogP contribution in [-0.2, 0) is 13.1 Å². The molecule has 4 heterocycles. The van der Waals surface area contributed by atoms with Gasteiger partial charge in [-0.1, -0.05) is 19.4 Å². The average molecular weight is 529 g/mol. The quantitative estimate of drug-likeness (QED) is 0.353. The second-order valence-electron chi connectivity index (χ2n) is 8.52. The molecular weight excluding hydrogens is 509 g/mol. The number of hydrogen-bond acceptors (Lipinski definition) is 4. The molecule has 0 bridgehead atoms. The molecule has 0 atom stereocenters. The maximum Gasteiger partial charge on any atom is 0.310 e. The molecule has 0 N–H and O–H groups in total. The highest BCUT2D eigenvalue weighted by Crippen LogP contribution is 3.02. The lowest BCUT2D eigenvalue weighted by Crippen LogP contribution is -2.44. The van der Waals surface area contributed by atoms with Gasteiger partial charge in [-0.15, -0.1) is 0 Å². The zero-order valence-corrected chi connectivity index (χ0v) is 19.8. The first-order valence-corrected chi connectivity index (χ1v) is 12.6. The van der Waals surface area contributed by atoms with E-state index in [9.17, 15) is 29.0 Å². The van der Waals surface area contributed by atoms with Gasteiger partial charge in [0.05, 0.1) is 17.5 Å². The van der Waals surface area contributed by atoms with Crippen molar-refractivity contribution in [3.8, 4) is 5.69 Å². The van der Waals surface area contributed by atoms with Gasteiger partial charge in [0.25, 0.3) is 11.5 Å². The zero-order valence-electron chi connectivity index (χ0n) is 19.0. The summed E-state index contributed by atoms with van der Waals surface area (Å²) in [5.41, 5.74) is 1.06. The molecule has 192 valence electrons. The van der Waals surface area contributed by atoms with E-state index in [1.54, 1.807) is 17.7 Å². The lowest BCUT2D eigenvalue weighted by molar-refractivity contribution is 0.0686. The summed E-state index contributed by atoms with van der Waals surface area (Å²) in [7, 11) is -8.65. The van der Waals surface area contributed by atoms with E-state index >= 15 is 0 Å². The minimum atomic E-state index is -9.92. The molecule has 0 spiro atoms. The van der Waals surface area contributed by atoms with E-state index in [0.717, 1.165) is 10.8 Å². The summed E-state index contributed by atoms with van der Waals surface area (Å²) in [6, 6.07) is 4.59. The summed E-state index contributed by atoms with van der Waals surface area (Å²) in [4.78, 5) is 34.7. The number of aryl methyl sites for hydroxylation is 1. The average Bonchev–Trinajstić information content (AvgIpc) is 3.37. The van der Waals surface area contributed by atoms with E-state index in [2.05, 4.69) is 4.98 Å². The molecule has 0 fully saturated rings. The molecule has 5 rings (SSSR count). The van der Waals surface area contributed by atoms with Crippen molar-refractivity contribution in [1.82, 2.24) is 23.7 Å². The Balaban J connectivity index is 1.51. The van der Waals surface area contributed by atoms with Crippen LogP contribution in [-0.4, -0.2) is 43.3 Å². The van der Waals surface area contributed by atoms with Crippen LogP contribution in [0.1, 0.15) is 21.7 Å². The molecule has 3 aromatic heterocycles. The minimum absolute atomic E-state index is 0.0824. The summed E-state index contributed by atoms with van der Waals surface area (Å²) < 4.78 is 71.2. The molecule has 4 aromatic rings. The molecule has 14 heteroatoms. The number of pyridine rings is 1. The summed E-state index contributed by atoms with van der Waals surface area (Å²) >= 11 is 0. The molecule has 1 aliphatic rings. The van der Waals surface area contributed by atoms with Crippen LogP contribution in [0.2, 0.25) is 0 Å². The van der Waals surface area contributed by atoms with Gasteiger partial charge in [0.2, 0.25) is 0 Å². The van der Waals surface area contributed by atoms with Crippen LogP contribution < -0.4 is 10.4 Å². The molecule has 1 aromatic carbocycles. The van der Waals surface area contributed by atoms with Crippen LogP contribution >= 0.6 is 10.2 Å². The molecule has 1 amide bonds. The highest BCUT2D eigenvalue weighted by molar-refractivity contribution is 8.45. The summed E-state index contributed by atoms with van der Waals surface area (Å²) in [6.45, 7) is 1.82. The number of hydrogen-bond donors (Lipinski definition) is 0. The number of fused-ring (bicyclic) bond motifs is 2. The molecule has 0 saturated heterocycles. The molecular formula is C22H20F5N5O3S. The fourth-order valence-electron chi connectivity index (χ4n) is 4.33. The Morgan fingerprint density at radius 2 is 1.78 bits per heavy atom. The van der Waals surface area contributed by atoms with E-state index in [4.69, 9.17) is 4.84 Å². The lowest BCUT2D eigenvalue weighted by Gasteiger charge is -2.40. The van der Waals surface area contributed by atoms with Crippen LogP contribution in [0.3, 0.4) is 0 Å². The van der Waals surface area contributed by atoms with Crippen LogP contribution in [0.4, 0.5) is 19.4 Å². The van der Waals surface area contributed by atoms with Crippen molar-refractivity contribution in [3.63, 3.8) is 0 Å². The van der Waals surface area contributed by atoms with E-state index in [1.807, 2.05) is 0 Å². The fraction of sp³-hybridized carbons (Fsp3) is 0.227. The van der Waals surface area contributed by atoms with Crippen molar-refractivity contribution < 1.29 is 29.1 Å². The molecule has 8 nitrogen and oxygen atoms in total. The topological polar surface area (TPSA) is 74.3 Å². The number of benzene rings is 1. The highest BCUT2D eigenvalue weighted by Gasteiger charge is 2.65. The van der Waals surface area contributed by atoms with Crippen molar-refractivity contribution in [3.05, 3.63) is 76.4 Å². The Morgan fingerprint density at radius 3 is 2.42 bits per heavy atom. The molecule has 0 saturated carbocycles. The van der Waals surface area contributed by atoms with Gasteiger partial charge in [-0.05, 0) is 37.3 Å². The van der Waals surface area contributed by atoms with Gasteiger partial charge < -0.3 is 18.9 Å². The van der Waals surface area contributed by atoms with Crippen molar-refractivity contribution in [2.45, 2.75) is 24.9 Å². The van der Waals surface area contributed by atoms with Gasteiger partial charge in [-0.25, -0.2) is 4.98 Å². The van der Waals surface area contributed by atoms with Gasteiger partial charge in [0, 0.05) is 43.0 Å². The Hall–Kier alpha value is -3.81. The van der Waals surface area contributed by atoms with E-state index in [0.29, 0.717) is 23.5 Å². The Labute approximate surface area is 200 Å². The number of aromatic nitrogens is 4. The maximum absolute atomic E-state index is 13.4. The maximum atomic E-state index is 13.4. The van der Waals surface area contributed by atoms with Crippen molar-refractivity contribution >= 4 is 27.0 Å². The van der Waals surface area contributed by atoms with Crippen LogP contribution in [0, 0.1) is 6.92 Å². The van der Waals surface area contributed by atoms with Crippen molar-refractivity contribution in [2.75, 3.05) is 13.7 Å². The Morgan fingerprint density at radius 1 is 1.03 bits per heavy atom. The molecule has 0 aliphatic carbocycles. The van der Waals surface area contributed by atoms with Crippen LogP contribution in [0.15, 0.2) is 58.7 Å². The van der Waals surface area contributed by atoms with Gasteiger partial charge in [0.1, 0.15) is 23.4 Å². The number of amides is 1. The third-order valence-electron chi connectivity index (χ3n) is 6.07. The monoisotopic (exact) mass is 529 g/mol. The number of nitrogens with zero attached hydrogens (tertiary/aromatic N) is 5. The smallest absolute Gasteiger partial charge is 0.310 e. The molecule has 0 radical (unpaired) electrons. The number of rotatable bonds is 5. The van der Waals surface area contributed by atoms with Crippen LogP contribution in [0.5, 0.6) is 0 Å². The van der Waals surface area contributed by atoms with Gasteiger partial charge >= 0.3 is 10.2 Å². The second kappa shape index (κ2) is 7.12. The van der Waals surface area contributed by atoms with Crippen molar-refractivity contribution in [1.29, 1.82) is 0 Å². The third kappa shape index (κ3) is 4.00. The first-order chi connectivity index (χ1) is 16.7. The number of carbonyl (C=O) groups excluding carboxylic acids is 1. The number of halogens is 5. The third-order valence-corrected chi connectivity index (χ3v) is 7.22. The molecule has 36 heavy (non-hydrogen) atoms. The molecule has 1 aliphatic heterocycles. The highest BCUT2D eigenvalue weighted by atomic mass is 32.5. The van der Waals surface area contributed by atoms with Gasteiger partial charge in [0.15, 0.2) is 0 Å². The Bertz CT molecular complexity index is 1610. The van der Waals surface area contributed by atoms with Gasteiger partial charge in [-0.3, -0.25) is 9.59 Å². The van der Waals surface area contributed by atoms with E-state index in [1.165, 1.54) is 41.2 Å². The second-order valence-corrected chi connectivity index (χ2v) is 10.9. The van der Waals surface area contributed by atoms with Crippen LogP contribution in [0.25, 0.3) is 16.6 Å². The minimum Gasteiger partial charge on any atom is -0.417 e. The number of imidazole rings is 1. The largest absolute Gasteiger partial charge is 0.417 e. The SMILES string of the molecule is COn1cc(CN2CCn3c(ccc(-n4cnc(C)c4)c3=O)C2=O)c2cc(S(F)(F)(F)(F)F)ccc21. The summed E-state index contributed by atoms with van der Waals surface area (Å²) in [5.74, 6) is -0.520. The standard InChI is InChI=1S/C22H20F5N5O3S/c1-14-10-30(13-28-14)19-5-6-20-21(33)29(7-8-31(20)22(19)34)11-15-12-32(35-2)18-4-3-16(9-17(15)18)36(23,24,25,26)27/h3-6,9-10,12-13H,7-8,11H2,1-2H3. The molecule has 0 unspecified atom stereocenters. The first-order valence-electron chi connectivity index (χ1n) is 10.6. The summed E-state index contributed by atoms with van der Waals surface area (Å²) in [6.07, 6.45) is 4.51. The van der Waals surface area contributed by atoms with E-state index in [-0.39, 0.29) is 41.8 Å². The predicted molar refractivity (Wildman–Crippen MR) is 123 cm³/mol. The van der Waals surface area contributed by atoms with Gasteiger partial charge in [-0.2, -0.15) is 4.73 Å².